The molecule has 0 aromatic carbocycles. The van der Waals surface area contributed by atoms with Gasteiger partial charge in [0.25, 0.3) is 5.78 Å². The Kier molecular flexibility index (Phi) is 2.12. The first-order valence-electron chi connectivity index (χ1n) is 5.32. The number of nitrogens with zero attached hydrogens (tertiary/aromatic N) is 4. The van der Waals surface area contributed by atoms with Gasteiger partial charge in [-0.2, -0.15) is 0 Å². The Morgan fingerprint density at radius 1 is 1.31 bits per heavy atom. The van der Waals surface area contributed by atoms with Crippen LogP contribution in [0, 0.1) is 0 Å². The molecule has 6 heteroatoms. The first-order valence-corrected chi connectivity index (χ1v) is 5.32. The number of fused-ring (bicyclic) bond motifs is 1. The number of ether oxygens (including phenoxy) is 1. The van der Waals surface area contributed by atoms with E-state index in [4.69, 9.17) is 10.5 Å². The van der Waals surface area contributed by atoms with Crippen molar-refractivity contribution in [2.24, 2.45) is 5.73 Å². The largest absolute Gasteiger partial charge is 0.381 e. The van der Waals surface area contributed by atoms with Gasteiger partial charge in [0.15, 0.2) is 5.82 Å². The van der Waals surface area contributed by atoms with Crippen LogP contribution in [-0.2, 0) is 10.3 Å². The lowest BCUT2D eigenvalue weighted by Crippen LogP contribution is -2.43. The van der Waals surface area contributed by atoms with Crippen LogP contribution in [-0.4, -0.2) is 32.8 Å². The Hall–Kier alpha value is -1.53. The van der Waals surface area contributed by atoms with E-state index < -0.39 is 5.54 Å². The third-order valence-electron chi connectivity index (χ3n) is 3.02. The predicted octanol–water partition coefficient (Wildman–Crippen LogP) is 0.0887. The quantitative estimate of drug-likeness (QED) is 0.735. The molecule has 84 valence electrons. The average molecular weight is 219 g/mol. The van der Waals surface area contributed by atoms with Gasteiger partial charge in [0.1, 0.15) is 0 Å². The van der Waals surface area contributed by atoms with Crippen LogP contribution in [0.5, 0.6) is 0 Å². The third-order valence-corrected chi connectivity index (χ3v) is 3.02. The molecule has 0 amide bonds. The van der Waals surface area contributed by atoms with Gasteiger partial charge in [0, 0.05) is 25.6 Å². The second-order valence-corrected chi connectivity index (χ2v) is 4.08. The summed E-state index contributed by atoms with van der Waals surface area (Å²) >= 11 is 0. The van der Waals surface area contributed by atoms with Crippen LogP contribution in [0.15, 0.2) is 18.5 Å². The van der Waals surface area contributed by atoms with Crippen molar-refractivity contribution in [3.8, 4) is 0 Å². The summed E-state index contributed by atoms with van der Waals surface area (Å²) in [4.78, 5) is 4.13. The lowest BCUT2D eigenvalue weighted by Gasteiger charge is -2.31. The SMILES string of the molecule is NC1(c2nnc3ncccn23)CCOCC1. The van der Waals surface area contributed by atoms with Gasteiger partial charge in [-0.3, -0.25) is 4.40 Å². The van der Waals surface area contributed by atoms with E-state index in [1.54, 1.807) is 6.20 Å². The smallest absolute Gasteiger partial charge is 0.255 e. The number of rotatable bonds is 1. The summed E-state index contributed by atoms with van der Waals surface area (Å²) < 4.78 is 7.17. The van der Waals surface area contributed by atoms with E-state index in [0.717, 1.165) is 18.7 Å². The number of hydrogen-bond donors (Lipinski definition) is 1. The van der Waals surface area contributed by atoms with E-state index in [1.807, 2.05) is 16.7 Å². The number of nitrogens with two attached hydrogens (primary N) is 1. The number of aromatic nitrogens is 4. The summed E-state index contributed by atoms with van der Waals surface area (Å²) in [7, 11) is 0. The molecule has 1 aliphatic rings. The van der Waals surface area contributed by atoms with Crippen LogP contribution in [0.3, 0.4) is 0 Å². The first kappa shape index (κ1) is 9.68. The van der Waals surface area contributed by atoms with Gasteiger partial charge in [-0.1, -0.05) is 0 Å². The lowest BCUT2D eigenvalue weighted by atomic mass is 9.90. The second-order valence-electron chi connectivity index (χ2n) is 4.08. The standard InChI is InChI=1S/C10H13N5O/c11-10(2-6-16-7-3-10)8-13-14-9-12-4-1-5-15(8)9/h1,4-5H,2-3,6-7,11H2. The van der Waals surface area contributed by atoms with Crippen LogP contribution in [0.1, 0.15) is 18.7 Å². The van der Waals surface area contributed by atoms with Crippen molar-refractivity contribution in [1.82, 2.24) is 19.6 Å². The lowest BCUT2D eigenvalue weighted by molar-refractivity contribution is 0.0488. The molecule has 0 unspecified atom stereocenters. The molecule has 2 aromatic rings. The molecular formula is C10H13N5O. The maximum absolute atomic E-state index is 6.36. The Bertz CT molecular complexity index is 503. The average Bonchev–Trinajstić information content (AvgIpc) is 2.74. The monoisotopic (exact) mass is 219 g/mol. The van der Waals surface area contributed by atoms with Crippen LogP contribution in [0.25, 0.3) is 5.78 Å². The van der Waals surface area contributed by atoms with Gasteiger partial charge in [-0.25, -0.2) is 4.98 Å². The fourth-order valence-corrected chi connectivity index (χ4v) is 2.04. The third kappa shape index (κ3) is 1.38. The van der Waals surface area contributed by atoms with E-state index >= 15 is 0 Å². The van der Waals surface area contributed by atoms with Crippen molar-refractivity contribution >= 4 is 5.78 Å². The summed E-state index contributed by atoms with van der Waals surface area (Å²) in [6.07, 6.45) is 5.12. The fraction of sp³-hybridized carbons (Fsp3) is 0.500. The van der Waals surface area contributed by atoms with Gasteiger partial charge in [0.2, 0.25) is 0 Å². The molecule has 3 heterocycles. The second kappa shape index (κ2) is 3.50. The highest BCUT2D eigenvalue weighted by Gasteiger charge is 2.34. The Morgan fingerprint density at radius 2 is 2.12 bits per heavy atom. The minimum absolute atomic E-state index is 0.444. The van der Waals surface area contributed by atoms with Crippen molar-refractivity contribution in [3.05, 3.63) is 24.3 Å². The zero-order valence-electron chi connectivity index (χ0n) is 8.83. The molecule has 16 heavy (non-hydrogen) atoms. The molecule has 0 saturated carbocycles. The van der Waals surface area contributed by atoms with Gasteiger partial charge in [-0.05, 0) is 18.9 Å². The van der Waals surface area contributed by atoms with Gasteiger partial charge in [-0.15, -0.1) is 10.2 Å². The van der Waals surface area contributed by atoms with E-state index in [0.29, 0.717) is 19.0 Å². The van der Waals surface area contributed by atoms with Crippen molar-refractivity contribution in [2.45, 2.75) is 18.4 Å². The zero-order chi connectivity index (χ0) is 11.0. The molecule has 2 N–H and O–H groups in total. The van der Waals surface area contributed by atoms with Crippen molar-refractivity contribution in [2.75, 3.05) is 13.2 Å². The predicted molar refractivity (Wildman–Crippen MR) is 56.7 cm³/mol. The summed E-state index contributed by atoms with van der Waals surface area (Å²) in [5.74, 6) is 1.37. The molecule has 2 aromatic heterocycles. The maximum Gasteiger partial charge on any atom is 0.255 e. The summed E-state index contributed by atoms with van der Waals surface area (Å²) in [5, 5.41) is 8.18. The molecule has 1 aliphatic heterocycles. The Balaban J connectivity index is 2.11. The Morgan fingerprint density at radius 3 is 2.94 bits per heavy atom. The molecule has 0 spiro atoms. The molecule has 1 saturated heterocycles. The molecule has 1 fully saturated rings. The Labute approximate surface area is 92.4 Å². The summed E-state index contributed by atoms with van der Waals surface area (Å²) in [5.41, 5.74) is 5.92. The van der Waals surface area contributed by atoms with Crippen molar-refractivity contribution < 1.29 is 4.74 Å². The molecule has 0 atom stereocenters. The van der Waals surface area contributed by atoms with Gasteiger partial charge in [0.05, 0.1) is 5.54 Å². The minimum atomic E-state index is -0.444. The van der Waals surface area contributed by atoms with E-state index in [1.165, 1.54) is 0 Å². The van der Waals surface area contributed by atoms with Gasteiger partial charge < -0.3 is 10.5 Å². The zero-order valence-corrected chi connectivity index (χ0v) is 8.83. The molecule has 0 bridgehead atoms. The van der Waals surface area contributed by atoms with Crippen LogP contribution < -0.4 is 5.73 Å². The first-order chi connectivity index (χ1) is 7.80. The number of hydrogen-bond acceptors (Lipinski definition) is 5. The maximum atomic E-state index is 6.36. The van der Waals surface area contributed by atoms with E-state index in [9.17, 15) is 0 Å². The summed E-state index contributed by atoms with van der Waals surface area (Å²) in [6.45, 7) is 1.34. The molecular weight excluding hydrogens is 206 g/mol. The van der Waals surface area contributed by atoms with Crippen LogP contribution in [0.4, 0.5) is 0 Å². The highest BCUT2D eigenvalue weighted by atomic mass is 16.5. The topological polar surface area (TPSA) is 78.3 Å². The van der Waals surface area contributed by atoms with Crippen LogP contribution in [0.2, 0.25) is 0 Å². The van der Waals surface area contributed by atoms with Crippen molar-refractivity contribution in [3.63, 3.8) is 0 Å². The highest BCUT2D eigenvalue weighted by molar-refractivity contribution is 5.28. The highest BCUT2D eigenvalue weighted by Crippen LogP contribution is 2.27. The molecule has 0 radical (unpaired) electrons. The molecule has 0 aliphatic carbocycles. The minimum Gasteiger partial charge on any atom is -0.381 e. The summed E-state index contributed by atoms with van der Waals surface area (Å²) in [6, 6.07) is 1.85. The molecule has 3 rings (SSSR count). The van der Waals surface area contributed by atoms with Crippen LogP contribution >= 0.6 is 0 Å². The van der Waals surface area contributed by atoms with E-state index in [2.05, 4.69) is 15.2 Å². The van der Waals surface area contributed by atoms with Crippen molar-refractivity contribution in [1.29, 1.82) is 0 Å². The van der Waals surface area contributed by atoms with Gasteiger partial charge >= 0.3 is 0 Å². The normalized spacial score (nSPS) is 20.1. The fourth-order valence-electron chi connectivity index (χ4n) is 2.04. The van der Waals surface area contributed by atoms with E-state index in [-0.39, 0.29) is 0 Å². The molecule has 6 nitrogen and oxygen atoms in total.